The summed E-state index contributed by atoms with van der Waals surface area (Å²) in [6.07, 6.45) is 0.805. The van der Waals surface area contributed by atoms with Crippen LogP contribution < -0.4 is 5.32 Å². The molecule has 1 aromatic heterocycles. The van der Waals surface area contributed by atoms with E-state index in [1.807, 2.05) is 9.80 Å². The number of nitrogens with zero attached hydrogens (tertiary/aromatic N) is 4. The molecule has 7 heteroatoms. The Labute approximate surface area is 111 Å². The quantitative estimate of drug-likeness (QED) is 0.656. The molecule has 19 heavy (non-hydrogen) atoms. The van der Waals surface area contributed by atoms with Gasteiger partial charge in [0.15, 0.2) is 0 Å². The summed E-state index contributed by atoms with van der Waals surface area (Å²) >= 11 is 0. The van der Waals surface area contributed by atoms with Crippen LogP contribution in [0.1, 0.15) is 11.4 Å². The Kier molecular flexibility index (Phi) is 2.48. The van der Waals surface area contributed by atoms with Gasteiger partial charge in [0, 0.05) is 39.1 Å². The number of carbonyl (C=O) groups is 1. The highest BCUT2D eigenvalue weighted by Gasteiger charge is 2.39. The fourth-order valence-corrected chi connectivity index (χ4v) is 3.48. The number of H-pyrrole nitrogens is 1. The van der Waals surface area contributed by atoms with Crippen molar-refractivity contribution in [3.05, 3.63) is 11.4 Å². The zero-order valence-corrected chi connectivity index (χ0v) is 10.8. The normalized spacial score (nSPS) is 29.5. The van der Waals surface area contributed by atoms with E-state index in [9.17, 15) is 4.79 Å². The molecule has 2 saturated heterocycles. The first-order valence-electron chi connectivity index (χ1n) is 6.94. The number of hydrogen-bond donors (Lipinski definition) is 2. The summed E-state index contributed by atoms with van der Waals surface area (Å²) in [5.74, 6) is 1.30. The van der Waals surface area contributed by atoms with Crippen molar-refractivity contribution in [3.63, 3.8) is 0 Å². The highest BCUT2D eigenvalue weighted by molar-refractivity contribution is 5.75. The van der Waals surface area contributed by atoms with E-state index in [0.29, 0.717) is 18.4 Å². The summed E-state index contributed by atoms with van der Waals surface area (Å²) in [7, 11) is 0. The van der Waals surface area contributed by atoms with Crippen LogP contribution in [0.2, 0.25) is 0 Å². The second kappa shape index (κ2) is 4.19. The van der Waals surface area contributed by atoms with Crippen LogP contribution >= 0.6 is 0 Å². The second-order valence-electron chi connectivity index (χ2n) is 5.75. The summed E-state index contributed by atoms with van der Waals surface area (Å²) in [5.41, 5.74) is 1.92. The first-order valence-corrected chi connectivity index (χ1v) is 6.94. The topological polar surface area (TPSA) is 77.2 Å². The molecule has 0 aromatic carbocycles. The molecular weight excluding hydrogens is 244 g/mol. The van der Waals surface area contributed by atoms with Crippen molar-refractivity contribution in [2.75, 3.05) is 32.7 Å². The maximum atomic E-state index is 12.5. The van der Waals surface area contributed by atoms with Gasteiger partial charge >= 0.3 is 6.03 Å². The molecule has 2 fully saturated rings. The molecule has 3 aliphatic heterocycles. The van der Waals surface area contributed by atoms with E-state index in [-0.39, 0.29) is 6.03 Å². The average Bonchev–Trinajstić information content (AvgIpc) is 3.11. The molecule has 2 N–H and O–H groups in total. The number of aromatic nitrogens is 3. The fraction of sp³-hybridized carbons (Fsp3) is 0.750. The summed E-state index contributed by atoms with van der Waals surface area (Å²) in [6.45, 7) is 5.26. The molecule has 3 aliphatic rings. The Hall–Kier alpha value is -1.63. The number of hydrogen-bond acceptors (Lipinski definition) is 4. The van der Waals surface area contributed by atoms with Crippen LogP contribution in [0.3, 0.4) is 0 Å². The van der Waals surface area contributed by atoms with Gasteiger partial charge in [-0.15, -0.1) is 0 Å². The van der Waals surface area contributed by atoms with Crippen LogP contribution in [-0.4, -0.2) is 64.0 Å². The van der Waals surface area contributed by atoms with E-state index in [2.05, 4.69) is 20.7 Å². The van der Waals surface area contributed by atoms with Crippen molar-refractivity contribution < 1.29 is 4.79 Å². The van der Waals surface area contributed by atoms with Gasteiger partial charge in [-0.05, 0) is 11.8 Å². The highest BCUT2D eigenvalue weighted by Crippen LogP contribution is 2.27. The molecule has 7 nitrogen and oxygen atoms in total. The standard InChI is InChI=1S/C12H18N6O/c19-12(18-5-8-3-13-4-9(8)6-18)17-2-1-10-11(7-17)15-16-14-10/h8-9,13H,1-7H2,(H,14,15,16)/t8-,9+. The molecule has 0 bridgehead atoms. The third kappa shape index (κ3) is 1.80. The van der Waals surface area contributed by atoms with E-state index in [1.165, 1.54) is 0 Å². The van der Waals surface area contributed by atoms with E-state index >= 15 is 0 Å². The lowest BCUT2D eigenvalue weighted by atomic mass is 10.0. The molecule has 4 rings (SSSR count). The predicted octanol–water partition coefficient (Wildman–Crippen LogP) is -0.566. The molecule has 102 valence electrons. The minimum atomic E-state index is 0.169. The third-order valence-electron chi connectivity index (χ3n) is 4.59. The van der Waals surface area contributed by atoms with E-state index in [4.69, 9.17) is 0 Å². The maximum absolute atomic E-state index is 12.5. The smallest absolute Gasteiger partial charge is 0.320 e. The van der Waals surface area contributed by atoms with Crippen LogP contribution in [0.15, 0.2) is 0 Å². The monoisotopic (exact) mass is 262 g/mol. The molecule has 0 aliphatic carbocycles. The SMILES string of the molecule is O=C(N1CCc2n[nH]nc2C1)N1C[C@H]2CNC[C@H]2C1. The number of aromatic amines is 1. The zero-order chi connectivity index (χ0) is 12.8. The van der Waals surface area contributed by atoms with Crippen LogP contribution in [-0.2, 0) is 13.0 Å². The van der Waals surface area contributed by atoms with Crippen molar-refractivity contribution >= 4 is 6.03 Å². The van der Waals surface area contributed by atoms with Gasteiger partial charge in [-0.1, -0.05) is 0 Å². The first-order chi connectivity index (χ1) is 9.31. The van der Waals surface area contributed by atoms with Crippen molar-refractivity contribution in [1.82, 2.24) is 30.5 Å². The maximum Gasteiger partial charge on any atom is 0.320 e. The first kappa shape index (κ1) is 11.2. The van der Waals surface area contributed by atoms with Crippen LogP contribution in [0.25, 0.3) is 0 Å². The van der Waals surface area contributed by atoms with Gasteiger partial charge < -0.3 is 15.1 Å². The number of likely N-dealkylation sites (tertiary alicyclic amines) is 1. The summed E-state index contributed by atoms with van der Waals surface area (Å²) in [4.78, 5) is 16.5. The minimum absolute atomic E-state index is 0.169. The molecule has 1 aromatic rings. The Morgan fingerprint density at radius 1 is 1.11 bits per heavy atom. The molecule has 0 spiro atoms. The van der Waals surface area contributed by atoms with E-state index < -0.39 is 0 Å². The number of carbonyl (C=O) groups excluding carboxylic acids is 1. The van der Waals surface area contributed by atoms with E-state index in [1.54, 1.807) is 0 Å². The molecule has 2 atom stereocenters. The third-order valence-corrected chi connectivity index (χ3v) is 4.59. The van der Waals surface area contributed by atoms with Crippen molar-refractivity contribution in [1.29, 1.82) is 0 Å². The lowest BCUT2D eigenvalue weighted by Crippen LogP contribution is -2.45. The van der Waals surface area contributed by atoms with E-state index in [0.717, 1.165) is 50.5 Å². The number of nitrogens with one attached hydrogen (secondary N) is 2. The van der Waals surface area contributed by atoms with Crippen molar-refractivity contribution in [3.8, 4) is 0 Å². The average molecular weight is 262 g/mol. The largest absolute Gasteiger partial charge is 0.324 e. The predicted molar refractivity (Wildman–Crippen MR) is 67.3 cm³/mol. The second-order valence-corrected chi connectivity index (χ2v) is 5.75. The van der Waals surface area contributed by atoms with Crippen LogP contribution in [0.5, 0.6) is 0 Å². The lowest BCUT2D eigenvalue weighted by molar-refractivity contribution is 0.153. The number of amides is 2. The Morgan fingerprint density at radius 2 is 1.84 bits per heavy atom. The molecule has 0 saturated carbocycles. The van der Waals surface area contributed by atoms with Gasteiger partial charge in [0.25, 0.3) is 0 Å². The molecule has 2 amide bonds. The zero-order valence-electron chi connectivity index (χ0n) is 10.8. The molecular formula is C12H18N6O. The van der Waals surface area contributed by atoms with Gasteiger partial charge in [0.05, 0.1) is 12.2 Å². The minimum Gasteiger partial charge on any atom is -0.324 e. The number of fused-ring (bicyclic) bond motifs is 2. The Morgan fingerprint density at radius 3 is 2.63 bits per heavy atom. The Balaban J connectivity index is 1.44. The van der Waals surface area contributed by atoms with Gasteiger partial charge in [0.2, 0.25) is 0 Å². The summed E-state index contributed by atoms with van der Waals surface area (Å²) in [5, 5.41) is 14.3. The van der Waals surface area contributed by atoms with Crippen LogP contribution in [0.4, 0.5) is 4.79 Å². The molecule has 4 heterocycles. The van der Waals surface area contributed by atoms with Crippen molar-refractivity contribution in [2.45, 2.75) is 13.0 Å². The van der Waals surface area contributed by atoms with Gasteiger partial charge in [-0.25, -0.2) is 4.79 Å². The summed E-state index contributed by atoms with van der Waals surface area (Å²) < 4.78 is 0. The van der Waals surface area contributed by atoms with Gasteiger partial charge in [-0.2, -0.15) is 15.4 Å². The van der Waals surface area contributed by atoms with Gasteiger partial charge in [-0.3, -0.25) is 0 Å². The van der Waals surface area contributed by atoms with Crippen molar-refractivity contribution in [2.24, 2.45) is 11.8 Å². The summed E-state index contributed by atoms with van der Waals surface area (Å²) in [6, 6.07) is 0.169. The molecule has 0 radical (unpaired) electrons. The number of rotatable bonds is 0. The van der Waals surface area contributed by atoms with Crippen LogP contribution in [0, 0.1) is 11.8 Å². The molecule has 0 unspecified atom stereocenters. The lowest BCUT2D eigenvalue weighted by Gasteiger charge is -2.30. The number of urea groups is 1. The fourth-order valence-electron chi connectivity index (χ4n) is 3.48. The van der Waals surface area contributed by atoms with Gasteiger partial charge in [0.1, 0.15) is 5.69 Å². The highest BCUT2D eigenvalue weighted by atomic mass is 16.2. The Bertz CT molecular complexity index is 488.